The van der Waals surface area contributed by atoms with Gasteiger partial charge < -0.3 is 0 Å². The Kier molecular flexibility index (Phi) is 5.69. The number of nitrogens with zero attached hydrogens (tertiary/aromatic N) is 3. The quantitative estimate of drug-likeness (QED) is 0.624. The highest BCUT2D eigenvalue weighted by molar-refractivity contribution is 7.89. The van der Waals surface area contributed by atoms with Crippen LogP contribution in [0.3, 0.4) is 0 Å². The van der Waals surface area contributed by atoms with E-state index in [9.17, 15) is 8.42 Å². The lowest BCUT2D eigenvalue weighted by Crippen LogP contribution is -2.27. The Hall–Kier alpha value is -2.15. The Labute approximate surface area is 165 Å². The molecule has 142 valence electrons. The molecule has 0 N–H and O–H groups in total. The molecule has 0 amide bonds. The minimum absolute atomic E-state index is 0.112. The molecule has 0 radical (unpaired) electrons. The van der Waals surface area contributed by atoms with Crippen LogP contribution in [0.4, 0.5) is 0 Å². The highest BCUT2D eigenvalue weighted by Crippen LogP contribution is 2.26. The third-order valence-corrected chi connectivity index (χ3v) is 6.92. The number of hydrogen-bond acceptors (Lipinski definition) is 3. The summed E-state index contributed by atoms with van der Waals surface area (Å²) >= 11 is 6.09. The van der Waals surface area contributed by atoms with Crippen molar-refractivity contribution < 1.29 is 8.42 Å². The Morgan fingerprint density at radius 2 is 1.67 bits per heavy atom. The van der Waals surface area contributed by atoms with Crippen molar-refractivity contribution in [3.05, 3.63) is 82.1 Å². The fraction of sp³-hybridized carbons (Fsp3) is 0.250. The topological polar surface area (TPSA) is 55.2 Å². The average Bonchev–Trinajstić information content (AvgIpc) is 2.90. The molecule has 27 heavy (non-hydrogen) atoms. The van der Waals surface area contributed by atoms with E-state index in [-0.39, 0.29) is 16.5 Å². The first-order valence-electron chi connectivity index (χ1n) is 8.58. The zero-order chi connectivity index (χ0) is 19.6. The van der Waals surface area contributed by atoms with Gasteiger partial charge in [-0.3, -0.25) is 4.68 Å². The minimum Gasteiger partial charge on any atom is -0.265 e. The van der Waals surface area contributed by atoms with E-state index in [4.69, 9.17) is 11.6 Å². The molecule has 1 aromatic heterocycles. The summed E-state index contributed by atoms with van der Waals surface area (Å²) in [5.74, 6) is 0. The molecule has 5 nitrogen and oxygen atoms in total. The molecular weight excluding hydrogens is 382 g/mol. The number of rotatable bonds is 6. The van der Waals surface area contributed by atoms with Crippen molar-refractivity contribution in [2.75, 3.05) is 7.05 Å². The fourth-order valence-electron chi connectivity index (χ4n) is 3.00. The third-order valence-electron chi connectivity index (χ3n) is 4.61. The van der Waals surface area contributed by atoms with E-state index in [0.717, 1.165) is 22.5 Å². The van der Waals surface area contributed by atoms with Gasteiger partial charge in [0, 0.05) is 24.8 Å². The first-order valence-corrected chi connectivity index (χ1v) is 10.4. The van der Waals surface area contributed by atoms with E-state index in [1.165, 1.54) is 10.4 Å². The first-order chi connectivity index (χ1) is 12.8. The Balaban J connectivity index is 1.86. The van der Waals surface area contributed by atoms with Gasteiger partial charge in [0.1, 0.15) is 4.90 Å². The highest BCUT2D eigenvalue weighted by atomic mass is 35.5. The molecule has 1 heterocycles. The predicted octanol–water partition coefficient (Wildman–Crippen LogP) is 4.02. The summed E-state index contributed by atoms with van der Waals surface area (Å²) in [6, 6.07) is 16.5. The Morgan fingerprint density at radius 1 is 1.04 bits per heavy atom. The van der Waals surface area contributed by atoms with Gasteiger partial charge in [0.25, 0.3) is 0 Å². The van der Waals surface area contributed by atoms with Crippen LogP contribution in [-0.2, 0) is 23.1 Å². The summed E-state index contributed by atoms with van der Waals surface area (Å²) in [4.78, 5) is 0.112. The van der Waals surface area contributed by atoms with Gasteiger partial charge in [0.15, 0.2) is 0 Å². The molecule has 0 spiro atoms. The van der Waals surface area contributed by atoms with Gasteiger partial charge in [0.2, 0.25) is 10.0 Å². The van der Waals surface area contributed by atoms with E-state index in [2.05, 4.69) is 5.10 Å². The number of benzene rings is 2. The number of hydrogen-bond donors (Lipinski definition) is 0. The molecule has 7 heteroatoms. The maximum Gasteiger partial charge on any atom is 0.244 e. The van der Waals surface area contributed by atoms with Crippen LogP contribution >= 0.6 is 11.6 Å². The fourth-order valence-corrected chi connectivity index (χ4v) is 4.63. The molecule has 0 unspecified atom stereocenters. The normalized spacial score (nSPS) is 11.9. The molecule has 0 atom stereocenters. The summed E-state index contributed by atoms with van der Waals surface area (Å²) in [6.07, 6.45) is 0. The van der Waals surface area contributed by atoms with Gasteiger partial charge in [-0.05, 0) is 31.5 Å². The van der Waals surface area contributed by atoms with Crippen LogP contribution < -0.4 is 0 Å². The van der Waals surface area contributed by atoms with E-state index in [1.807, 2.05) is 48.9 Å². The van der Waals surface area contributed by atoms with Crippen molar-refractivity contribution in [1.29, 1.82) is 0 Å². The van der Waals surface area contributed by atoms with E-state index in [1.54, 1.807) is 25.2 Å². The summed E-state index contributed by atoms with van der Waals surface area (Å²) in [6.45, 7) is 4.75. The smallest absolute Gasteiger partial charge is 0.244 e. The second-order valence-corrected chi connectivity index (χ2v) is 8.90. The monoisotopic (exact) mass is 403 g/mol. The van der Waals surface area contributed by atoms with Crippen molar-refractivity contribution in [1.82, 2.24) is 14.1 Å². The van der Waals surface area contributed by atoms with E-state index >= 15 is 0 Å². The van der Waals surface area contributed by atoms with Gasteiger partial charge in [-0.1, -0.05) is 54.1 Å². The largest absolute Gasteiger partial charge is 0.265 e. The molecule has 0 aliphatic heterocycles. The lowest BCUT2D eigenvalue weighted by atomic mass is 10.2. The van der Waals surface area contributed by atoms with Crippen LogP contribution in [0.25, 0.3) is 0 Å². The molecule has 0 saturated carbocycles. The summed E-state index contributed by atoms with van der Waals surface area (Å²) in [5.41, 5.74) is 3.83. The first kappa shape index (κ1) is 19.6. The summed E-state index contributed by atoms with van der Waals surface area (Å²) < 4.78 is 29.0. The van der Waals surface area contributed by atoms with Crippen LogP contribution in [0.5, 0.6) is 0 Å². The van der Waals surface area contributed by atoms with Crippen molar-refractivity contribution >= 4 is 21.6 Å². The zero-order valence-corrected chi connectivity index (χ0v) is 17.1. The maximum absolute atomic E-state index is 12.9. The minimum atomic E-state index is -3.69. The van der Waals surface area contributed by atoms with Crippen molar-refractivity contribution in [3.63, 3.8) is 0 Å². The van der Waals surface area contributed by atoms with Crippen LogP contribution in [0.15, 0.2) is 59.5 Å². The van der Waals surface area contributed by atoms with Crippen molar-refractivity contribution in [2.45, 2.75) is 31.8 Å². The van der Waals surface area contributed by atoms with E-state index < -0.39 is 10.0 Å². The average molecular weight is 404 g/mol. The van der Waals surface area contributed by atoms with Gasteiger partial charge in [-0.15, -0.1) is 0 Å². The molecule has 2 aromatic carbocycles. The highest BCUT2D eigenvalue weighted by Gasteiger charge is 2.25. The number of aryl methyl sites for hydroxylation is 1. The van der Waals surface area contributed by atoms with Gasteiger partial charge in [0.05, 0.1) is 17.3 Å². The number of sulfonamides is 1. The van der Waals surface area contributed by atoms with Crippen LogP contribution in [0.1, 0.15) is 22.5 Å². The molecule has 3 aromatic rings. The predicted molar refractivity (Wildman–Crippen MR) is 107 cm³/mol. The van der Waals surface area contributed by atoms with Gasteiger partial charge in [-0.2, -0.15) is 9.40 Å². The Morgan fingerprint density at radius 3 is 2.33 bits per heavy atom. The molecular formula is C20H22ClN3O2S. The van der Waals surface area contributed by atoms with E-state index in [0.29, 0.717) is 6.54 Å². The second kappa shape index (κ2) is 7.84. The second-order valence-electron chi connectivity index (χ2n) is 6.48. The molecule has 0 bridgehead atoms. The summed E-state index contributed by atoms with van der Waals surface area (Å²) in [7, 11) is -2.13. The van der Waals surface area contributed by atoms with Crippen LogP contribution in [-0.4, -0.2) is 29.6 Å². The lowest BCUT2D eigenvalue weighted by Gasteiger charge is -2.18. The van der Waals surface area contributed by atoms with Crippen LogP contribution in [0, 0.1) is 13.8 Å². The number of aromatic nitrogens is 2. The maximum atomic E-state index is 12.9. The Bertz CT molecular complexity index is 1050. The molecule has 0 aliphatic carbocycles. The van der Waals surface area contributed by atoms with Crippen molar-refractivity contribution in [3.8, 4) is 0 Å². The molecule has 0 aliphatic rings. The zero-order valence-electron chi connectivity index (χ0n) is 15.6. The molecule has 0 saturated heterocycles. The third kappa shape index (κ3) is 4.08. The van der Waals surface area contributed by atoms with Gasteiger partial charge in [-0.25, -0.2) is 8.42 Å². The lowest BCUT2D eigenvalue weighted by molar-refractivity contribution is 0.465. The van der Waals surface area contributed by atoms with Crippen LogP contribution in [0.2, 0.25) is 5.02 Å². The summed E-state index contributed by atoms with van der Waals surface area (Å²) in [5, 5.41) is 4.82. The molecule has 3 rings (SSSR count). The van der Waals surface area contributed by atoms with Crippen molar-refractivity contribution in [2.24, 2.45) is 0 Å². The standard InChI is InChI=1S/C20H22ClN3O2S/c1-15-18(16(2)24(22-15)13-17-9-5-4-6-10-17)14-23(3)27(25,26)20-12-8-7-11-19(20)21/h4-12H,13-14H2,1-3H3. The van der Waals surface area contributed by atoms with Gasteiger partial charge >= 0.3 is 0 Å². The number of halogens is 1. The molecule has 0 fully saturated rings. The SMILES string of the molecule is Cc1nn(Cc2ccccc2)c(C)c1CN(C)S(=O)(=O)c1ccccc1Cl.